The molecule has 0 aliphatic heterocycles. The normalized spacial score (nSPS) is 13.7. The molecule has 2 rings (SSSR count). The SMILES string of the molecule is CC(C)[C@H](C(=O)N[C@H](C)c1cncc(F)c1)c1ccccc1. The quantitative estimate of drug-likeness (QED) is 0.911. The molecule has 0 saturated carbocycles. The van der Waals surface area contributed by atoms with E-state index in [1.807, 2.05) is 51.1 Å². The summed E-state index contributed by atoms with van der Waals surface area (Å²) in [7, 11) is 0. The lowest BCUT2D eigenvalue weighted by Gasteiger charge is -2.23. The van der Waals surface area contributed by atoms with Crippen LogP contribution in [0.4, 0.5) is 4.39 Å². The average Bonchev–Trinajstić information content (AvgIpc) is 2.48. The Morgan fingerprint density at radius 2 is 1.77 bits per heavy atom. The Balaban J connectivity index is 2.15. The van der Waals surface area contributed by atoms with Gasteiger partial charge in [-0.3, -0.25) is 9.78 Å². The van der Waals surface area contributed by atoms with Crippen LogP contribution in [0.25, 0.3) is 0 Å². The van der Waals surface area contributed by atoms with Crippen LogP contribution in [-0.2, 0) is 4.79 Å². The van der Waals surface area contributed by atoms with Gasteiger partial charge in [-0.1, -0.05) is 44.2 Å². The molecule has 0 radical (unpaired) electrons. The third kappa shape index (κ3) is 3.91. The van der Waals surface area contributed by atoms with Gasteiger partial charge in [-0.2, -0.15) is 0 Å². The molecule has 2 aromatic rings. The first-order chi connectivity index (χ1) is 10.5. The Labute approximate surface area is 130 Å². The van der Waals surface area contributed by atoms with E-state index in [2.05, 4.69) is 10.3 Å². The van der Waals surface area contributed by atoms with Gasteiger partial charge in [0.25, 0.3) is 0 Å². The molecule has 0 spiro atoms. The van der Waals surface area contributed by atoms with E-state index in [-0.39, 0.29) is 23.8 Å². The van der Waals surface area contributed by atoms with Gasteiger partial charge in [0, 0.05) is 6.20 Å². The van der Waals surface area contributed by atoms with Gasteiger partial charge in [-0.05, 0) is 30.0 Å². The Kier molecular flexibility index (Phi) is 5.26. The van der Waals surface area contributed by atoms with Gasteiger partial charge in [-0.25, -0.2) is 4.39 Å². The summed E-state index contributed by atoms with van der Waals surface area (Å²) in [5, 5.41) is 2.96. The van der Waals surface area contributed by atoms with Crippen LogP contribution < -0.4 is 5.32 Å². The van der Waals surface area contributed by atoms with Crippen molar-refractivity contribution in [3.8, 4) is 0 Å². The van der Waals surface area contributed by atoms with Crippen molar-refractivity contribution >= 4 is 5.91 Å². The van der Waals surface area contributed by atoms with Crippen molar-refractivity contribution in [3.63, 3.8) is 0 Å². The number of hydrogen-bond donors (Lipinski definition) is 1. The molecule has 0 fully saturated rings. The van der Waals surface area contributed by atoms with E-state index in [1.54, 1.807) is 6.20 Å². The number of rotatable bonds is 5. The number of pyridine rings is 1. The van der Waals surface area contributed by atoms with Crippen LogP contribution in [0.3, 0.4) is 0 Å². The number of halogens is 1. The van der Waals surface area contributed by atoms with E-state index < -0.39 is 5.82 Å². The molecule has 1 amide bonds. The molecule has 0 aliphatic carbocycles. The molecule has 0 bridgehead atoms. The fourth-order valence-electron chi connectivity index (χ4n) is 2.55. The number of amides is 1. The average molecular weight is 300 g/mol. The molecule has 2 atom stereocenters. The van der Waals surface area contributed by atoms with Crippen molar-refractivity contribution in [1.29, 1.82) is 0 Å². The standard InChI is InChI=1S/C18H21FN2O/c1-12(2)17(14-7-5-4-6-8-14)18(22)21-13(3)15-9-16(19)11-20-10-15/h4-13,17H,1-3H3,(H,21,22)/t13-,17+/m1/s1. The maximum atomic E-state index is 13.2. The highest BCUT2D eigenvalue weighted by atomic mass is 19.1. The zero-order valence-electron chi connectivity index (χ0n) is 13.1. The summed E-state index contributed by atoms with van der Waals surface area (Å²) < 4.78 is 13.2. The van der Waals surface area contributed by atoms with Crippen LogP contribution in [0.2, 0.25) is 0 Å². The van der Waals surface area contributed by atoms with Crippen LogP contribution in [0.5, 0.6) is 0 Å². The highest BCUT2D eigenvalue weighted by Crippen LogP contribution is 2.25. The van der Waals surface area contributed by atoms with Crippen LogP contribution >= 0.6 is 0 Å². The molecule has 1 N–H and O–H groups in total. The van der Waals surface area contributed by atoms with Gasteiger partial charge in [0.05, 0.1) is 18.2 Å². The second-order valence-corrected chi connectivity index (χ2v) is 5.80. The summed E-state index contributed by atoms with van der Waals surface area (Å²) in [6.07, 6.45) is 2.72. The molecule has 1 heterocycles. The van der Waals surface area contributed by atoms with Crippen molar-refractivity contribution in [2.75, 3.05) is 0 Å². The number of benzene rings is 1. The topological polar surface area (TPSA) is 42.0 Å². The molecule has 1 aromatic heterocycles. The van der Waals surface area contributed by atoms with Crippen LogP contribution in [0, 0.1) is 11.7 Å². The van der Waals surface area contributed by atoms with Gasteiger partial charge in [0.2, 0.25) is 5.91 Å². The van der Waals surface area contributed by atoms with Gasteiger partial charge in [0.1, 0.15) is 5.82 Å². The van der Waals surface area contributed by atoms with E-state index in [0.29, 0.717) is 5.56 Å². The molecular weight excluding hydrogens is 279 g/mol. The Bertz CT molecular complexity index is 628. The fourth-order valence-corrected chi connectivity index (χ4v) is 2.55. The molecule has 0 saturated heterocycles. The van der Waals surface area contributed by atoms with Crippen LogP contribution in [0.15, 0.2) is 48.8 Å². The Morgan fingerprint density at radius 3 is 2.36 bits per heavy atom. The van der Waals surface area contributed by atoms with Crippen molar-refractivity contribution in [3.05, 3.63) is 65.7 Å². The molecule has 1 aromatic carbocycles. The minimum atomic E-state index is -0.401. The lowest BCUT2D eigenvalue weighted by Crippen LogP contribution is -2.34. The predicted molar refractivity (Wildman–Crippen MR) is 84.8 cm³/mol. The fraction of sp³-hybridized carbons (Fsp3) is 0.333. The van der Waals surface area contributed by atoms with Gasteiger partial charge in [0.15, 0.2) is 0 Å². The Morgan fingerprint density at radius 1 is 1.09 bits per heavy atom. The highest BCUT2D eigenvalue weighted by Gasteiger charge is 2.25. The zero-order chi connectivity index (χ0) is 16.1. The van der Waals surface area contributed by atoms with Crippen LogP contribution in [-0.4, -0.2) is 10.9 Å². The Hall–Kier alpha value is -2.23. The van der Waals surface area contributed by atoms with Gasteiger partial charge < -0.3 is 5.32 Å². The van der Waals surface area contributed by atoms with Crippen molar-refractivity contribution < 1.29 is 9.18 Å². The lowest BCUT2D eigenvalue weighted by molar-refractivity contribution is -0.124. The molecule has 22 heavy (non-hydrogen) atoms. The minimum absolute atomic E-state index is 0.0574. The van der Waals surface area contributed by atoms with Crippen LogP contribution in [0.1, 0.15) is 43.9 Å². The van der Waals surface area contributed by atoms with Crippen molar-refractivity contribution in [1.82, 2.24) is 10.3 Å². The first kappa shape index (κ1) is 16.1. The third-order valence-electron chi connectivity index (χ3n) is 3.69. The molecule has 3 nitrogen and oxygen atoms in total. The molecule has 116 valence electrons. The number of nitrogens with one attached hydrogen (secondary N) is 1. The first-order valence-corrected chi connectivity index (χ1v) is 7.44. The van der Waals surface area contributed by atoms with Crippen molar-refractivity contribution in [2.45, 2.75) is 32.7 Å². The number of nitrogens with zero attached hydrogens (tertiary/aromatic N) is 1. The largest absolute Gasteiger partial charge is 0.349 e. The molecule has 4 heteroatoms. The zero-order valence-corrected chi connectivity index (χ0v) is 13.1. The number of aromatic nitrogens is 1. The smallest absolute Gasteiger partial charge is 0.228 e. The first-order valence-electron chi connectivity index (χ1n) is 7.44. The van der Waals surface area contributed by atoms with Crippen molar-refractivity contribution in [2.24, 2.45) is 5.92 Å². The number of carbonyl (C=O) groups excluding carboxylic acids is 1. The van der Waals surface area contributed by atoms with E-state index in [1.165, 1.54) is 6.07 Å². The van der Waals surface area contributed by atoms with E-state index in [9.17, 15) is 9.18 Å². The monoisotopic (exact) mass is 300 g/mol. The summed E-state index contributed by atoms with van der Waals surface area (Å²) in [4.78, 5) is 16.5. The van der Waals surface area contributed by atoms with E-state index >= 15 is 0 Å². The molecule has 0 unspecified atom stereocenters. The van der Waals surface area contributed by atoms with E-state index in [4.69, 9.17) is 0 Å². The minimum Gasteiger partial charge on any atom is -0.349 e. The second-order valence-electron chi connectivity index (χ2n) is 5.80. The maximum absolute atomic E-state index is 13.2. The summed E-state index contributed by atoms with van der Waals surface area (Å²) in [5.74, 6) is -0.523. The van der Waals surface area contributed by atoms with E-state index in [0.717, 1.165) is 11.8 Å². The predicted octanol–water partition coefficient (Wildman–Crippen LogP) is 3.84. The van der Waals surface area contributed by atoms with Gasteiger partial charge >= 0.3 is 0 Å². The highest BCUT2D eigenvalue weighted by molar-refractivity contribution is 5.84. The maximum Gasteiger partial charge on any atom is 0.228 e. The summed E-state index contributed by atoms with van der Waals surface area (Å²) in [5.41, 5.74) is 1.64. The summed E-state index contributed by atoms with van der Waals surface area (Å²) >= 11 is 0. The molecule has 0 aliphatic rings. The van der Waals surface area contributed by atoms with Gasteiger partial charge in [-0.15, -0.1) is 0 Å². The summed E-state index contributed by atoms with van der Waals surface area (Å²) in [6.45, 7) is 5.87. The molecular formula is C18H21FN2O. The lowest BCUT2D eigenvalue weighted by atomic mass is 9.87. The number of hydrogen-bond acceptors (Lipinski definition) is 2. The second kappa shape index (κ2) is 7.16. The summed E-state index contributed by atoms with van der Waals surface area (Å²) in [6, 6.07) is 10.8. The third-order valence-corrected chi connectivity index (χ3v) is 3.69. The number of carbonyl (C=O) groups is 1.